The van der Waals surface area contributed by atoms with Crippen molar-refractivity contribution in [2.75, 3.05) is 11.1 Å². The van der Waals surface area contributed by atoms with Crippen molar-refractivity contribution in [2.24, 2.45) is 13.0 Å². The molecular weight excluding hydrogens is 399 g/mol. The molecule has 154 valence electrons. The highest BCUT2D eigenvalue weighted by atomic mass is 32.2. The Bertz CT molecular complexity index is 998. The van der Waals surface area contributed by atoms with Crippen LogP contribution in [0.2, 0.25) is 0 Å². The zero-order valence-corrected chi connectivity index (χ0v) is 17.4. The molecule has 0 amide bonds. The molecule has 29 heavy (non-hydrogen) atoms. The number of halogens is 3. The van der Waals surface area contributed by atoms with E-state index in [1.54, 1.807) is 18.8 Å². The average molecular weight is 421 g/mol. The van der Waals surface area contributed by atoms with Gasteiger partial charge in [-0.25, -0.2) is 9.97 Å². The molecule has 0 aliphatic rings. The number of thioether (sulfide) groups is 1. The lowest BCUT2D eigenvalue weighted by atomic mass is 10.1. The highest BCUT2D eigenvalue weighted by molar-refractivity contribution is 7.99. The molecule has 0 atom stereocenters. The maximum atomic E-state index is 13.4. The summed E-state index contributed by atoms with van der Waals surface area (Å²) in [5.41, 5.74) is 0.890. The van der Waals surface area contributed by atoms with E-state index in [2.05, 4.69) is 34.2 Å². The van der Waals surface area contributed by atoms with E-state index in [1.807, 2.05) is 25.1 Å². The largest absolute Gasteiger partial charge is 0.419 e. The van der Waals surface area contributed by atoms with Gasteiger partial charge in [0.15, 0.2) is 0 Å². The van der Waals surface area contributed by atoms with Gasteiger partial charge in [-0.2, -0.15) is 18.3 Å². The normalized spacial score (nSPS) is 11.9. The summed E-state index contributed by atoms with van der Waals surface area (Å²) in [6, 6.07) is 5.92. The number of rotatable bonds is 6. The molecule has 3 rings (SSSR count). The summed E-state index contributed by atoms with van der Waals surface area (Å²) in [7, 11) is 1.64. The first-order chi connectivity index (χ1) is 13.6. The van der Waals surface area contributed by atoms with Crippen LogP contribution < -0.4 is 5.32 Å². The quantitative estimate of drug-likeness (QED) is 0.518. The minimum atomic E-state index is -4.56. The van der Waals surface area contributed by atoms with Crippen molar-refractivity contribution in [3.8, 4) is 11.3 Å². The second-order valence-electron chi connectivity index (χ2n) is 7.16. The summed E-state index contributed by atoms with van der Waals surface area (Å²) in [4.78, 5) is 9.17. The standard InChI is InChI=1S/C20H22F3N5S/c1-12(2)11-29-15-5-6-17(13(3)7-15)26-19-24-9-16(20(21,22)23)18(27-19)14-8-25-28(4)10-14/h5-10,12H,11H2,1-4H3,(H,24,26,27). The molecule has 2 aromatic heterocycles. The van der Waals surface area contributed by atoms with Crippen molar-refractivity contribution >= 4 is 23.4 Å². The van der Waals surface area contributed by atoms with E-state index in [0.717, 1.165) is 28.1 Å². The zero-order chi connectivity index (χ0) is 21.2. The van der Waals surface area contributed by atoms with Crippen molar-refractivity contribution in [2.45, 2.75) is 31.8 Å². The fourth-order valence-corrected chi connectivity index (χ4v) is 3.61. The van der Waals surface area contributed by atoms with E-state index < -0.39 is 11.7 Å². The topological polar surface area (TPSA) is 55.6 Å². The van der Waals surface area contributed by atoms with Gasteiger partial charge in [0.1, 0.15) is 5.56 Å². The predicted octanol–water partition coefficient (Wildman–Crippen LogP) is 5.70. The Morgan fingerprint density at radius 2 is 1.97 bits per heavy atom. The first-order valence-corrected chi connectivity index (χ1v) is 10.1. The summed E-state index contributed by atoms with van der Waals surface area (Å²) < 4.78 is 41.7. The van der Waals surface area contributed by atoms with Crippen LogP contribution in [0.3, 0.4) is 0 Å². The number of hydrogen-bond acceptors (Lipinski definition) is 5. The highest BCUT2D eigenvalue weighted by Crippen LogP contribution is 2.36. The molecular formula is C20H22F3N5S. The van der Waals surface area contributed by atoms with E-state index in [1.165, 1.54) is 17.1 Å². The molecule has 0 spiro atoms. The van der Waals surface area contributed by atoms with E-state index in [4.69, 9.17) is 0 Å². The smallest absolute Gasteiger partial charge is 0.324 e. The van der Waals surface area contributed by atoms with E-state index in [0.29, 0.717) is 5.92 Å². The van der Waals surface area contributed by atoms with E-state index in [-0.39, 0.29) is 17.2 Å². The second kappa shape index (κ2) is 8.44. The number of aryl methyl sites for hydroxylation is 2. The van der Waals surface area contributed by atoms with Crippen LogP contribution in [-0.2, 0) is 13.2 Å². The van der Waals surface area contributed by atoms with Crippen LogP contribution in [0.5, 0.6) is 0 Å². The molecule has 0 aliphatic heterocycles. The second-order valence-corrected chi connectivity index (χ2v) is 8.26. The van der Waals surface area contributed by atoms with Crippen LogP contribution in [0.25, 0.3) is 11.3 Å². The Morgan fingerprint density at radius 3 is 2.55 bits per heavy atom. The minimum Gasteiger partial charge on any atom is -0.324 e. The maximum absolute atomic E-state index is 13.4. The van der Waals surface area contributed by atoms with Crippen molar-refractivity contribution in [1.29, 1.82) is 0 Å². The van der Waals surface area contributed by atoms with Gasteiger partial charge >= 0.3 is 6.18 Å². The van der Waals surface area contributed by atoms with Crippen molar-refractivity contribution < 1.29 is 13.2 Å². The van der Waals surface area contributed by atoms with Gasteiger partial charge in [-0.15, -0.1) is 11.8 Å². The van der Waals surface area contributed by atoms with Gasteiger partial charge < -0.3 is 5.32 Å². The summed E-state index contributed by atoms with van der Waals surface area (Å²) in [5, 5.41) is 6.98. The lowest BCUT2D eigenvalue weighted by Crippen LogP contribution is -2.11. The Labute approximate surface area is 171 Å². The van der Waals surface area contributed by atoms with Gasteiger partial charge in [0.25, 0.3) is 0 Å². The van der Waals surface area contributed by atoms with E-state index >= 15 is 0 Å². The maximum Gasteiger partial charge on any atom is 0.419 e. The first-order valence-electron chi connectivity index (χ1n) is 9.07. The van der Waals surface area contributed by atoms with Gasteiger partial charge in [-0.05, 0) is 36.6 Å². The number of alkyl halides is 3. The van der Waals surface area contributed by atoms with Crippen LogP contribution in [0, 0.1) is 12.8 Å². The Balaban J connectivity index is 1.90. The molecule has 0 bridgehead atoms. The summed E-state index contributed by atoms with van der Waals surface area (Å²) in [6.45, 7) is 6.27. The van der Waals surface area contributed by atoms with Gasteiger partial charge in [0.05, 0.1) is 11.9 Å². The Kier molecular flexibility index (Phi) is 6.16. The molecule has 0 saturated heterocycles. The van der Waals surface area contributed by atoms with Gasteiger partial charge in [0.2, 0.25) is 5.95 Å². The Hall–Kier alpha value is -2.55. The molecule has 0 unspecified atom stereocenters. The Morgan fingerprint density at radius 1 is 1.21 bits per heavy atom. The zero-order valence-electron chi connectivity index (χ0n) is 16.6. The van der Waals surface area contributed by atoms with Crippen LogP contribution in [0.1, 0.15) is 25.0 Å². The van der Waals surface area contributed by atoms with Gasteiger partial charge in [0, 0.05) is 41.3 Å². The fraction of sp³-hybridized carbons (Fsp3) is 0.350. The van der Waals surface area contributed by atoms with Crippen molar-refractivity contribution in [1.82, 2.24) is 19.7 Å². The molecule has 0 aliphatic carbocycles. The third kappa shape index (κ3) is 5.29. The molecule has 0 saturated carbocycles. The van der Waals surface area contributed by atoms with Crippen LogP contribution in [-0.4, -0.2) is 25.5 Å². The molecule has 1 N–H and O–H groups in total. The number of aromatic nitrogens is 4. The number of benzene rings is 1. The molecule has 0 radical (unpaired) electrons. The predicted molar refractivity (Wildman–Crippen MR) is 109 cm³/mol. The SMILES string of the molecule is Cc1cc(SCC(C)C)ccc1Nc1ncc(C(F)(F)F)c(-c2cnn(C)c2)n1. The van der Waals surface area contributed by atoms with Gasteiger partial charge in [-0.3, -0.25) is 4.68 Å². The lowest BCUT2D eigenvalue weighted by molar-refractivity contribution is -0.137. The molecule has 1 aromatic carbocycles. The first kappa shape index (κ1) is 21.2. The van der Waals surface area contributed by atoms with E-state index in [9.17, 15) is 13.2 Å². The molecule has 5 nitrogen and oxygen atoms in total. The van der Waals surface area contributed by atoms with Crippen molar-refractivity contribution in [3.63, 3.8) is 0 Å². The van der Waals surface area contributed by atoms with Crippen LogP contribution in [0.15, 0.2) is 41.7 Å². The monoisotopic (exact) mass is 421 g/mol. The third-order valence-corrected chi connectivity index (χ3v) is 5.52. The molecule has 9 heteroatoms. The summed E-state index contributed by atoms with van der Waals surface area (Å²) in [6.07, 6.45) is -0.907. The summed E-state index contributed by atoms with van der Waals surface area (Å²) >= 11 is 1.77. The third-order valence-electron chi connectivity index (χ3n) is 4.10. The average Bonchev–Trinajstić information content (AvgIpc) is 3.07. The molecule has 3 aromatic rings. The number of nitrogens with one attached hydrogen (secondary N) is 1. The number of hydrogen-bond donors (Lipinski definition) is 1. The number of nitrogens with zero attached hydrogens (tertiary/aromatic N) is 4. The lowest BCUT2D eigenvalue weighted by Gasteiger charge is -2.14. The van der Waals surface area contributed by atoms with Crippen molar-refractivity contribution in [3.05, 3.63) is 47.9 Å². The molecule has 0 fully saturated rings. The van der Waals surface area contributed by atoms with Gasteiger partial charge in [-0.1, -0.05) is 13.8 Å². The van der Waals surface area contributed by atoms with Crippen LogP contribution in [0.4, 0.5) is 24.8 Å². The molecule has 2 heterocycles. The highest BCUT2D eigenvalue weighted by Gasteiger charge is 2.35. The fourth-order valence-electron chi connectivity index (χ4n) is 2.66. The minimum absolute atomic E-state index is 0.0996. The summed E-state index contributed by atoms with van der Waals surface area (Å²) in [5.74, 6) is 1.70. The number of anilines is 2. The van der Waals surface area contributed by atoms with Crippen LogP contribution >= 0.6 is 11.8 Å².